The number of ether oxygens (including phenoxy) is 2. The number of carboxylic acid groups (broad SMARTS) is 1. The van der Waals surface area contributed by atoms with Crippen molar-refractivity contribution in [3.8, 4) is 17.2 Å². The van der Waals surface area contributed by atoms with Crippen LogP contribution >= 0.6 is 12.2 Å². The lowest BCUT2D eigenvalue weighted by Gasteiger charge is -2.27. The third-order valence-corrected chi connectivity index (χ3v) is 4.04. The number of amides is 1. The fourth-order valence-electron chi connectivity index (χ4n) is 2.52. The monoisotopic (exact) mass is 344 g/mol. The average molecular weight is 344 g/mol. The molecule has 0 radical (unpaired) electrons. The van der Waals surface area contributed by atoms with Crippen molar-refractivity contribution in [1.29, 1.82) is 0 Å². The molecule has 0 spiro atoms. The number of benzene rings is 2. The van der Waals surface area contributed by atoms with E-state index < -0.39 is 12.1 Å². The molecule has 0 bridgehead atoms. The minimum Gasteiger partial charge on any atom is -0.497 e. The number of methoxy groups -OCH3 is 1. The summed E-state index contributed by atoms with van der Waals surface area (Å²) in [5.74, 6) is 2.03. The van der Waals surface area contributed by atoms with E-state index in [0.29, 0.717) is 28.7 Å². The Bertz CT molecular complexity index is 794. The third-order valence-electron chi connectivity index (χ3n) is 3.65. The molecule has 2 aromatic rings. The molecule has 1 amide bonds. The van der Waals surface area contributed by atoms with E-state index in [-0.39, 0.29) is 0 Å². The SMILES string of the molecule is COc1cccc(Oc2ccc3c(c2)C[C@H](NC(=O)O)C(=S)N3)c1. The molecule has 0 aliphatic carbocycles. The molecule has 24 heavy (non-hydrogen) atoms. The first kappa shape index (κ1) is 16.1. The lowest BCUT2D eigenvalue weighted by atomic mass is 9.99. The van der Waals surface area contributed by atoms with Crippen LogP contribution in [0.25, 0.3) is 0 Å². The van der Waals surface area contributed by atoms with Gasteiger partial charge in [0.05, 0.1) is 13.2 Å². The highest BCUT2D eigenvalue weighted by Gasteiger charge is 2.24. The van der Waals surface area contributed by atoms with Crippen LogP contribution < -0.4 is 20.1 Å². The quantitative estimate of drug-likeness (QED) is 0.738. The Kier molecular flexibility index (Phi) is 4.52. The molecule has 1 aliphatic rings. The van der Waals surface area contributed by atoms with Gasteiger partial charge < -0.3 is 25.2 Å². The maximum Gasteiger partial charge on any atom is 0.405 e. The molecule has 1 atom stereocenters. The van der Waals surface area contributed by atoms with Crippen molar-refractivity contribution >= 4 is 29.0 Å². The minimum absolute atomic E-state index is 0.447. The highest BCUT2D eigenvalue weighted by molar-refractivity contribution is 7.80. The summed E-state index contributed by atoms with van der Waals surface area (Å²) < 4.78 is 11.0. The van der Waals surface area contributed by atoms with Gasteiger partial charge in [-0.15, -0.1) is 0 Å². The number of anilines is 1. The van der Waals surface area contributed by atoms with Gasteiger partial charge in [0, 0.05) is 18.2 Å². The Hall–Kier alpha value is -2.80. The molecule has 2 aromatic carbocycles. The van der Waals surface area contributed by atoms with Crippen molar-refractivity contribution in [3.63, 3.8) is 0 Å². The van der Waals surface area contributed by atoms with E-state index >= 15 is 0 Å². The van der Waals surface area contributed by atoms with Crippen LogP contribution in [0.4, 0.5) is 10.5 Å². The smallest absolute Gasteiger partial charge is 0.405 e. The molecule has 7 heteroatoms. The first-order valence-electron chi connectivity index (χ1n) is 7.30. The Balaban J connectivity index is 1.80. The van der Waals surface area contributed by atoms with Gasteiger partial charge in [-0.1, -0.05) is 18.3 Å². The number of hydrogen-bond donors (Lipinski definition) is 3. The Morgan fingerprint density at radius 3 is 2.75 bits per heavy atom. The lowest BCUT2D eigenvalue weighted by molar-refractivity contribution is 0.192. The van der Waals surface area contributed by atoms with Gasteiger partial charge >= 0.3 is 6.09 Å². The van der Waals surface area contributed by atoms with Crippen LogP contribution in [0.2, 0.25) is 0 Å². The van der Waals surface area contributed by atoms with E-state index in [4.69, 9.17) is 26.8 Å². The second-order valence-corrected chi connectivity index (χ2v) is 5.74. The molecule has 0 aromatic heterocycles. The number of nitrogens with one attached hydrogen (secondary N) is 2. The summed E-state index contributed by atoms with van der Waals surface area (Å²) in [6.07, 6.45) is -0.626. The largest absolute Gasteiger partial charge is 0.497 e. The third kappa shape index (κ3) is 3.57. The molecule has 124 valence electrons. The maximum absolute atomic E-state index is 10.9. The van der Waals surface area contributed by atoms with Crippen molar-refractivity contribution in [2.24, 2.45) is 0 Å². The number of fused-ring (bicyclic) bond motifs is 1. The summed E-state index contributed by atoms with van der Waals surface area (Å²) in [5.41, 5.74) is 1.80. The van der Waals surface area contributed by atoms with Gasteiger partial charge in [-0.25, -0.2) is 4.79 Å². The second kappa shape index (κ2) is 6.76. The van der Waals surface area contributed by atoms with Gasteiger partial charge in [0.25, 0.3) is 0 Å². The maximum atomic E-state index is 10.9. The van der Waals surface area contributed by atoms with E-state index in [1.54, 1.807) is 13.2 Å². The summed E-state index contributed by atoms with van der Waals surface area (Å²) in [7, 11) is 1.60. The van der Waals surface area contributed by atoms with E-state index in [2.05, 4.69) is 10.6 Å². The van der Waals surface area contributed by atoms with Crippen LogP contribution in [-0.2, 0) is 6.42 Å². The molecule has 0 unspecified atom stereocenters. The standard InChI is InChI=1S/C17H16N2O4S/c1-22-11-3-2-4-12(9-11)23-13-5-6-14-10(7-13)8-15(16(24)18-14)19-17(20)21/h2-7,9,15,19H,8H2,1H3,(H,18,24)(H,20,21)/t15-/m0/s1. The number of thiocarbonyl (C=S) groups is 1. The molecular formula is C17H16N2O4S. The average Bonchev–Trinajstić information content (AvgIpc) is 2.55. The van der Waals surface area contributed by atoms with Gasteiger partial charge in [0.2, 0.25) is 0 Å². The Morgan fingerprint density at radius 2 is 2.00 bits per heavy atom. The van der Waals surface area contributed by atoms with Crippen LogP contribution in [-0.4, -0.2) is 29.3 Å². The van der Waals surface area contributed by atoms with Crippen molar-refractivity contribution in [2.45, 2.75) is 12.5 Å². The van der Waals surface area contributed by atoms with Crippen LogP contribution in [0.1, 0.15) is 5.56 Å². The Morgan fingerprint density at radius 1 is 1.25 bits per heavy atom. The highest BCUT2D eigenvalue weighted by atomic mass is 32.1. The first-order chi connectivity index (χ1) is 11.5. The zero-order valence-corrected chi connectivity index (χ0v) is 13.7. The molecule has 0 saturated heterocycles. The van der Waals surface area contributed by atoms with Crippen LogP contribution in [0, 0.1) is 0 Å². The van der Waals surface area contributed by atoms with Gasteiger partial charge in [0.1, 0.15) is 22.2 Å². The molecule has 1 aliphatic heterocycles. The summed E-state index contributed by atoms with van der Waals surface area (Å²) in [6.45, 7) is 0. The number of hydrogen-bond acceptors (Lipinski definition) is 4. The summed E-state index contributed by atoms with van der Waals surface area (Å²) in [6, 6.07) is 12.4. The first-order valence-corrected chi connectivity index (χ1v) is 7.71. The van der Waals surface area contributed by atoms with Crippen molar-refractivity contribution in [2.75, 3.05) is 12.4 Å². The molecule has 0 saturated carbocycles. The van der Waals surface area contributed by atoms with Crippen LogP contribution in [0.3, 0.4) is 0 Å². The zero-order chi connectivity index (χ0) is 17.1. The van der Waals surface area contributed by atoms with E-state index in [1.807, 2.05) is 36.4 Å². The summed E-state index contributed by atoms with van der Waals surface area (Å²) in [5, 5.41) is 14.4. The molecule has 3 rings (SSSR count). The van der Waals surface area contributed by atoms with Crippen LogP contribution in [0.5, 0.6) is 17.2 Å². The number of rotatable bonds is 4. The minimum atomic E-state index is -1.10. The highest BCUT2D eigenvalue weighted by Crippen LogP contribution is 2.31. The predicted molar refractivity (Wildman–Crippen MR) is 94.4 cm³/mol. The van der Waals surface area contributed by atoms with Crippen molar-refractivity contribution < 1.29 is 19.4 Å². The number of carbonyl (C=O) groups is 1. The predicted octanol–water partition coefficient (Wildman–Crippen LogP) is 3.42. The second-order valence-electron chi connectivity index (χ2n) is 5.30. The lowest BCUT2D eigenvalue weighted by Crippen LogP contribution is -2.46. The van der Waals surface area contributed by atoms with Crippen molar-refractivity contribution in [3.05, 3.63) is 48.0 Å². The van der Waals surface area contributed by atoms with Crippen LogP contribution in [0.15, 0.2) is 42.5 Å². The van der Waals surface area contributed by atoms with Gasteiger partial charge in [-0.2, -0.15) is 0 Å². The molecule has 6 nitrogen and oxygen atoms in total. The van der Waals surface area contributed by atoms with E-state index in [1.165, 1.54) is 0 Å². The molecule has 3 N–H and O–H groups in total. The summed E-state index contributed by atoms with van der Waals surface area (Å²) >= 11 is 5.21. The molecule has 1 heterocycles. The zero-order valence-electron chi connectivity index (χ0n) is 12.9. The topological polar surface area (TPSA) is 79.8 Å². The normalized spacial score (nSPS) is 15.9. The van der Waals surface area contributed by atoms with E-state index in [9.17, 15) is 4.79 Å². The van der Waals surface area contributed by atoms with Crippen molar-refractivity contribution in [1.82, 2.24) is 5.32 Å². The van der Waals surface area contributed by atoms with Gasteiger partial charge in [-0.3, -0.25) is 0 Å². The fraction of sp³-hybridized carbons (Fsp3) is 0.176. The van der Waals surface area contributed by atoms with E-state index in [0.717, 1.165) is 11.3 Å². The molecule has 0 fully saturated rings. The Labute approximate surface area is 144 Å². The van der Waals surface area contributed by atoms with Gasteiger partial charge in [-0.05, 0) is 35.9 Å². The fourth-order valence-corrected chi connectivity index (χ4v) is 2.78. The summed E-state index contributed by atoms with van der Waals surface area (Å²) in [4.78, 5) is 11.3. The van der Waals surface area contributed by atoms with Gasteiger partial charge in [0.15, 0.2) is 0 Å². The molecular weight excluding hydrogens is 328 g/mol.